The Morgan fingerprint density at radius 3 is 2.39 bits per heavy atom. The molecule has 2 aromatic carbocycles. The Kier molecular flexibility index (Phi) is 7.98. The molecular weight excluding hydrogens is 360 g/mol. The highest BCUT2D eigenvalue weighted by atomic mass is 16.5. The van der Waals surface area contributed by atoms with E-state index < -0.39 is 0 Å². The van der Waals surface area contributed by atoms with Gasteiger partial charge in [-0.3, -0.25) is 10.7 Å². The monoisotopic (exact) mass is 384 g/mol. The summed E-state index contributed by atoms with van der Waals surface area (Å²) in [5, 5.41) is 17.5. The summed E-state index contributed by atoms with van der Waals surface area (Å²) in [6.07, 6.45) is 1.55. The van der Waals surface area contributed by atoms with Crippen molar-refractivity contribution < 1.29 is 19.4 Å². The van der Waals surface area contributed by atoms with Crippen LogP contribution in [0, 0.1) is 0 Å². The number of hydrogen-bond donors (Lipinski definition) is 2. The van der Waals surface area contributed by atoms with Crippen LogP contribution >= 0.6 is 0 Å². The van der Waals surface area contributed by atoms with Gasteiger partial charge in [-0.2, -0.15) is 10.2 Å². The second-order valence-corrected chi connectivity index (χ2v) is 5.54. The van der Waals surface area contributed by atoms with Gasteiger partial charge in [-0.05, 0) is 50.2 Å². The first-order valence-corrected chi connectivity index (χ1v) is 8.63. The van der Waals surface area contributed by atoms with Crippen molar-refractivity contribution in [3.63, 3.8) is 0 Å². The third-order valence-electron chi connectivity index (χ3n) is 3.68. The Bertz CT molecular complexity index is 861. The lowest BCUT2D eigenvalue weighted by Gasteiger charge is -2.06. The van der Waals surface area contributed by atoms with E-state index in [0.29, 0.717) is 29.5 Å². The Balaban J connectivity index is 2.16. The third-order valence-corrected chi connectivity index (χ3v) is 3.68. The molecule has 0 bridgehead atoms. The van der Waals surface area contributed by atoms with E-state index in [9.17, 15) is 5.21 Å². The van der Waals surface area contributed by atoms with Gasteiger partial charge in [-0.25, -0.2) is 4.99 Å². The number of aliphatic imine (C=N–C) groups is 1. The quantitative estimate of drug-likeness (QED) is 0.412. The number of ether oxygens (including phenoxy) is 3. The first-order chi connectivity index (χ1) is 13.6. The zero-order valence-electron chi connectivity index (χ0n) is 16.3. The molecule has 2 aromatic rings. The van der Waals surface area contributed by atoms with E-state index >= 15 is 0 Å². The van der Waals surface area contributed by atoms with Crippen molar-refractivity contribution in [2.24, 2.45) is 15.2 Å². The zero-order valence-corrected chi connectivity index (χ0v) is 16.3. The summed E-state index contributed by atoms with van der Waals surface area (Å²) in [7, 11) is 3.15. The highest BCUT2D eigenvalue weighted by molar-refractivity contribution is 6.40. The molecule has 8 nitrogen and oxygen atoms in total. The minimum absolute atomic E-state index is 0.183. The number of hydroxylamine groups is 1. The molecule has 0 fully saturated rings. The molecule has 0 saturated carbocycles. The molecular formula is C20H24N4O4. The standard InChI is InChI=1S/C20H24N4O4/c1-5-28-17-10-7-16(8-11-17)22-20(24-25)14(2)23-21-13-15-6-9-18(26-3)12-19(15)27-4/h6-13,25H,5H2,1-4H3,(H,22,24). The molecule has 0 amide bonds. The molecule has 8 heteroatoms. The van der Waals surface area contributed by atoms with Crippen molar-refractivity contribution >= 4 is 23.4 Å². The second kappa shape index (κ2) is 10.7. The summed E-state index contributed by atoms with van der Waals surface area (Å²) in [4.78, 5) is 4.31. The van der Waals surface area contributed by atoms with Crippen LogP contribution in [0.2, 0.25) is 0 Å². The van der Waals surface area contributed by atoms with Gasteiger partial charge >= 0.3 is 0 Å². The van der Waals surface area contributed by atoms with Gasteiger partial charge in [0.15, 0.2) is 5.84 Å². The Morgan fingerprint density at radius 2 is 1.79 bits per heavy atom. The van der Waals surface area contributed by atoms with Gasteiger partial charge in [0.2, 0.25) is 0 Å². The Morgan fingerprint density at radius 1 is 1.07 bits per heavy atom. The lowest BCUT2D eigenvalue weighted by Crippen LogP contribution is -2.26. The van der Waals surface area contributed by atoms with Crippen LogP contribution in [0.15, 0.2) is 57.7 Å². The SMILES string of the molecule is CCOc1ccc(N=C(NO)C(C)=NN=Cc2ccc(OC)cc2OC)cc1. The summed E-state index contributed by atoms with van der Waals surface area (Å²) < 4.78 is 15.9. The van der Waals surface area contributed by atoms with Crippen LogP contribution in [-0.2, 0) is 0 Å². The largest absolute Gasteiger partial charge is 0.497 e. The number of nitrogens with zero attached hydrogens (tertiary/aromatic N) is 3. The second-order valence-electron chi connectivity index (χ2n) is 5.54. The summed E-state index contributed by atoms with van der Waals surface area (Å²) in [5.74, 6) is 2.23. The maximum Gasteiger partial charge on any atom is 0.173 e. The van der Waals surface area contributed by atoms with Crippen LogP contribution in [0.5, 0.6) is 17.2 Å². The fraction of sp³-hybridized carbons (Fsp3) is 0.250. The lowest BCUT2D eigenvalue weighted by atomic mass is 10.2. The molecule has 0 unspecified atom stereocenters. The maximum atomic E-state index is 9.38. The highest BCUT2D eigenvalue weighted by Crippen LogP contribution is 2.23. The number of hydrogen-bond acceptors (Lipinski definition) is 7. The van der Waals surface area contributed by atoms with E-state index in [1.54, 1.807) is 63.8 Å². The van der Waals surface area contributed by atoms with Crippen LogP contribution in [0.1, 0.15) is 19.4 Å². The molecule has 0 saturated heterocycles. The zero-order chi connectivity index (χ0) is 20.4. The lowest BCUT2D eigenvalue weighted by molar-refractivity contribution is 0.236. The van der Waals surface area contributed by atoms with E-state index in [2.05, 4.69) is 15.2 Å². The molecule has 0 aliphatic carbocycles. The maximum absolute atomic E-state index is 9.38. The summed E-state index contributed by atoms with van der Waals surface area (Å²) in [6.45, 7) is 4.19. The molecule has 0 aromatic heterocycles. The molecule has 0 spiro atoms. The Labute approximate surface area is 164 Å². The van der Waals surface area contributed by atoms with Crippen molar-refractivity contribution in [2.45, 2.75) is 13.8 Å². The molecule has 148 valence electrons. The molecule has 0 radical (unpaired) electrons. The highest BCUT2D eigenvalue weighted by Gasteiger charge is 2.05. The first kappa shape index (κ1) is 20.9. The van der Waals surface area contributed by atoms with Gasteiger partial charge in [0, 0.05) is 11.6 Å². The van der Waals surface area contributed by atoms with Crippen LogP contribution in [0.3, 0.4) is 0 Å². The minimum atomic E-state index is 0.183. The minimum Gasteiger partial charge on any atom is -0.497 e. The van der Waals surface area contributed by atoms with E-state index in [1.807, 2.05) is 18.5 Å². The number of rotatable bonds is 8. The van der Waals surface area contributed by atoms with Crippen LogP contribution in [0.4, 0.5) is 5.69 Å². The molecule has 0 heterocycles. The van der Waals surface area contributed by atoms with E-state index in [1.165, 1.54) is 0 Å². The van der Waals surface area contributed by atoms with Crippen molar-refractivity contribution in [3.8, 4) is 17.2 Å². The Hall–Kier alpha value is -3.39. The van der Waals surface area contributed by atoms with Crippen molar-refractivity contribution in [1.82, 2.24) is 5.48 Å². The van der Waals surface area contributed by atoms with Gasteiger partial charge in [-0.15, -0.1) is 0 Å². The number of methoxy groups -OCH3 is 2. The molecule has 0 aliphatic heterocycles. The van der Waals surface area contributed by atoms with Crippen molar-refractivity contribution in [2.75, 3.05) is 20.8 Å². The van der Waals surface area contributed by atoms with E-state index in [4.69, 9.17) is 14.2 Å². The van der Waals surface area contributed by atoms with E-state index in [-0.39, 0.29) is 5.84 Å². The van der Waals surface area contributed by atoms with Crippen molar-refractivity contribution in [3.05, 3.63) is 48.0 Å². The van der Waals surface area contributed by atoms with Gasteiger partial charge < -0.3 is 14.2 Å². The van der Waals surface area contributed by atoms with Crippen molar-refractivity contribution in [1.29, 1.82) is 0 Å². The number of benzene rings is 2. The molecule has 2 N–H and O–H groups in total. The smallest absolute Gasteiger partial charge is 0.173 e. The van der Waals surface area contributed by atoms with E-state index in [0.717, 1.165) is 11.3 Å². The molecule has 0 aliphatic rings. The van der Waals surface area contributed by atoms with Gasteiger partial charge in [0.1, 0.15) is 23.0 Å². The van der Waals surface area contributed by atoms with Crippen LogP contribution in [-0.4, -0.2) is 43.8 Å². The molecule has 0 atom stereocenters. The predicted octanol–water partition coefficient (Wildman–Crippen LogP) is 3.61. The van der Waals surface area contributed by atoms with Gasteiger partial charge in [0.05, 0.1) is 32.7 Å². The van der Waals surface area contributed by atoms with Gasteiger partial charge in [0.25, 0.3) is 0 Å². The first-order valence-electron chi connectivity index (χ1n) is 8.63. The summed E-state index contributed by atoms with van der Waals surface area (Å²) >= 11 is 0. The number of amidine groups is 1. The number of nitrogens with one attached hydrogen (secondary N) is 1. The molecule has 28 heavy (non-hydrogen) atoms. The average Bonchev–Trinajstić information content (AvgIpc) is 2.73. The normalized spacial score (nSPS) is 12.2. The fourth-order valence-corrected chi connectivity index (χ4v) is 2.25. The fourth-order valence-electron chi connectivity index (χ4n) is 2.25. The molecule has 2 rings (SSSR count). The van der Waals surface area contributed by atoms with Crippen LogP contribution in [0.25, 0.3) is 0 Å². The summed E-state index contributed by atoms with van der Waals surface area (Å²) in [5.41, 5.74) is 3.82. The van der Waals surface area contributed by atoms with Gasteiger partial charge in [-0.1, -0.05) is 0 Å². The van der Waals surface area contributed by atoms with Crippen LogP contribution < -0.4 is 19.7 Å². The third kappa shape index (κ3) is 5.82. The summed E-state index contributed by atoms with van der Waals surface area (Å²) in [6, 6.07) is 12.5. The predicted molar refractivity (Wildman–Crippen MR) is 110 cm³/mol. The topological polar surface area (TPSA) is 97.0 Å². The average molecular weight is 384 g/mol.